The van der Waals surface area contributed by atoms with Gasteiger partial charge in [-0.3, -0.25) is 0 Å². The molecular formula is C20H41NS2Zn. The first kappa shape index (κ1) is 27.1. The van der Waals surface area contributed by atoms with E-state index < -0.39 is 0 Å². The van der Waals surface area contributed by atoms with E-state index in [-0.39, 0.29) is 19.5 Å². The fourth-order valence-corrected chi connectivity index (χ4v) is 4.08. The minimum Gasteiger partial charge on any atom is -0.369 e. The van der Waals surface area contributed by atoms with Crippen molar-refractivity contribution < 1.29 is 19.5 Å². The van der Waals surface area contributed by atoms with Crippen molar-refractivity contribution in [3.05, 3.63) is 0 Å². The summed E-state index contributed by atoms with van der Waals surface area (Å²) in [6.07, 6.45) is 19.9. The largest absolute Gasteiger partial charge is 0.369 e. The molecule has 0 amide bonds. The average Bonchev–Trinajstić information content (AvgIpc) is 2.50. The molecule has 0 radical (unpaired) electrons. The van der Waals surface area contributed by atoms with E-state index in [1.54, 1.807) is 0 Å². The molecule has 0 fully saturated rings. The first-order chi connectivity index (χ1) is 11.2. The zero-order chi connectivity index (χ0) is 17.2. The van der Waals surface area contributed by atoms with Crippen LogP contribution in [-0.4, -0.2) is 16.1 Å². The molecule has 0 heterocycles. The van der Waals surface area contributed by atoms with Crippen LogP contribution in [0.15, 0.2) is 0 Å². The Labute approximate surface area is 175 Å². The van der Waals surface area contributed by atoms with E-state index in [1.165, 1.54) is 95.6 Å². The SMILES string of the molecule is CCCCCCCCCCCCCCCCSC(=S)NC(C)C.[Zn]. The molecule has 0 saturated carbocycles. The Hall–Kier alpha value is 0.863. The van der Waals surface area contributed by atoms with Gasteiger partial charge in [0.2, 0.25) is 0 Å². The Bertz CT molecular complexity index is 260. The normalized spacial score (nSPS) is 10.7. The van der Waals surface area contributed by atoms with Gasteiger partial charge in [-0.05, 0) is 20.3 Å². The zero-order valence-corrected chi connectivity index (χ0v) is 21.3. The van der Waals surface area contributed by atoms with Gasteiger partial charge in [0.15, 0.2) is 0 Å². The number of hydrogen-bond donors (Lipinski definition) is 1. The molecule has 1 N–H and O–H groups in total. The van der Waals surface area contributed by atoms with Gasteiger partial charge in [0.05, 0.1) is 0 Å². The van der Waals surface area contributed by atoms with Crippen LogP contribution in [0, 0.1) is 0 Å². The van der Waals surface area contributed by atoms with Gasteiger partial charge in [0.1, 0.15) is 4.32 Å². The van der Waals surface area contributed by atoms with Gasteiger partial charge in [-0.1, -0.05) is 114 Å². The second-order valence-electron chi connectivity index (χ2n) is 7.03. The number of thioether (sulfide) groups is 1. The Kier molecular flexibility index (Phi) is 24.7. The molecule has 0 unspecified atom stereocenters. The zero-order valence-electron chi connectivity index (χ0n) is 16.7. The molecule has 0 aromatic rings. The molecule has 0 saturated heterocycles. The second kappa shape index (κ2) is 21.9. The number of hydrogen-bond acceptors (Lipinski definition) is 2. The Morgan fingerprint density at radius 1 is 0.750 bits per heavy atom. The molecule has 4 heteroatoms. The monoisotopic (exact) mass is 423 g/mol. The Balaban J connectivity index is 0. The fraction of sp³-hybridized carbons (Fsp3) is 0.950. The van der Waals surface area contributed by atoms with E-state index in [4.69, 9.17) is 12.2 Å². The van der Waals surface area contributed by atoms with Crippen molar-refractivity contribution in [3.63, 3.8) is 0 Å². The van der Waals surface area contributed by atoms with Crippen molar-refractivity contribution >= 4 is 28.3 Å². The predicted molar refractivity (Wildman–Crippen MR) is 114 cm³/mol. The third kappa shape index (κ3) is 22.9. The van der Waals surface area contributed by atoms with Crippen LogP contribution < -0.4 is 5.32 Å². The summed E-state index contributed by atoms with van der Waals surface area (Å²) in [4.78, 5) is 0. The molecule has 140 valence electrons. The van der Waals surface area contributed by atoms with Crippen LogP contribution in [0.4, 0.5) is 0 Å². The van der Waals surface area contributed by atoms with Crippen molar-refractivity contribution in [3.8, 4) is 0 Å². The smallest absolute Gasteiger partial charge is 0.133 e. The van der Waals surface area contributed by atoms with E-state index >= 15 is 0 Å². The van der Waals surface area contributed by atoms with Crippen LogP contribution in [0.5, 0.6) is 0 Å². The third-order valence-electron chi connectivity index (χ3n) is 4.14. The van der Waals surface area contributed by atoms with Gasteiger partial charge in [0, 0.05) is 31.3 Å². The first-order valence-electron chi connectivity index (χ1n) is 10.1. The van der Waals surface area contributed by atoms with Crippen LogP contribution in [0.1, 0.15) is 111 Å². The Morgan fingerprint density at radius 3 is 1.50 bits per heavy atom. The summed E-state index contributed by atoms with van der Waals surface area (Å²) in [5.41, 5.74) is 0. The van der Waals surface area contributed by atoms with Crippen LogP contribution in [-0.2, 0) is 19.5 Å². The minimum atomic E-state index is 0. The van der Waals surface area contributed by atoms with Gasteiger partial charge in [-0.25, -0.2) is 0 Å². The molecule has 0 bridgehead atoms. The van der Waals surface area contributed by atoms with E-state index in [9.17, 15) is 0 Å². The summed E-state index contributed by atoms with van der Waals surface area (Å²) < 4.78 is 0.967. The molecule has 0 atom stereocenters. The fourth-order valence-electron chi connectivity index (χ4n) is 2.74. The summed E-state index contributed by atoms with van der Waals surface area (Å²) in [5, 5.41) is 3.29. The molecule has 0 spiro atoms. The summed E-state index contributed by atoms with van der Waals surface area (Å²) in [6, 6.07) is 0.464. The minimum absolute atomic E-state index is 0. The van der Waals surface area contributed by atoms with Crippen LogP contribution in [0.3, 0.4) is 0 Å². The molecule has 0 aromatic carbocycles. The molecule has 0 aliphatic rings. The summed E-state index contributed by atoms with van der Waals surface area (Å²) >= 11 is 7.09. The van der Waals surface area contributed by atoms with Gasteiger partial charge >= 0.3 is 0 Å². The van der Waals surface area contributed by atoms with Crippen molar-refractivity contribution in [1.29, 1.82) is 0 Å². The van der Waals surface area contributed by atoms with E-state index in [0.717, 1.165) is 4.32 Å². The summed E-state index contributed by atoms with van der Waals surface area (Å²) in [5.74, 6) is 1.18. The maximum absolute atomic E-state index is 5.28. The van der Waals surface area contributed by atoms with Crippen LogP contribution in [0.25, 0.3) is 0 Å². The Morgan fingerprint density at radius 2 is 1.12 bits per heavy atom. The summed E-state index contributed by atoms with van der Waals surface area (Å²) in [7, 11) is 0. The molecule has 1 nitrogen and oxygen atoms in total. The number of unbranched alkanes of at least 4 members (excludes halogenated alkanes) is 13. The van der Waals surface area contributed by atoms with Gasteiger partial charge in [-0.15, -0.1) is 0 Å². The van der Waals surface area contributed by atoms with Gasteiger partial charge in [0.25, 0.3) is 0 Å². The predicted octanol–water partition coefficient (Wildman–Crippen LogP) is 7.48. The van der Waals surface area contributed by atoms with Crippen molar-refractivity contribution in [2.24, 2.45) is 0 Å². The standard InChI is InChI=1S/C20H41NS2.Zn/c1-4-5-6-7-8-9-10-11-12-13-14-15-16-17-18-23-20(22)21-19(2)3;/h19H,4-18H2,1-3H3,(H,21,22);. The van der Waals surface area contributed by atoms with E-state index in [2.05, 4.69) is 26.1 Å². The molecule has 0 aliphatic heterocycles. The maximum Gasteiger partial charge on any atom is 0.133 e. The first-order valence-corrected chi connectivity index (χ1v) is 11.5. The number of rotatable bonds is 16. The van der Waals surface area contributed by atoms with Crippen LogP contribution >= 0.6 is 24.0 Å². The molecule has 0 aliphatic carbocycles. The number of thiocarbonyl (C=S) groups is 1. The van der Waals surface area contributed by atoms with Crippen molar-refractivity contribution in [1.82, 2.24) is 5.32 Å². The molecule has 0 aromatic heterocycles. The van der Waals surface area contributed by atoms with Crippen molar-refractivity contribution in [2.45, 2.75) is 117 Å². The van der Waals surface area contributed by atoms with E-state index in [1.807, 2.05) is 11.8 Å². The van der Waals surface area contributed by atoms with Gasteiger partial charge < -0.3 is 5.32 Å². The van der Waals surface area contributed by atoms with E-state index in [0.29, 0.717) is 6.04 Å². The average molecular weight is 425 g/mol. The second-order valence-corrected chi connectivity index (χ2v) is 8.80. The molecular weight excluding hydrogens is 384 g/mol. The van der Waals surface area contributed by atoms with Gasteiger partial charge in [-0.2, -0.15) is 0 Å². The molecule has 24 heavy (non-hydrogen) atoms. The maximum atomic E-state index is 5.28. The van der Waals surface area contributed by atoms with Crippen LogP contribution in [0.2, 0.25) is 0 Å². The number of nitrogens with one attached hydrogen (secondary N) is 1. The topological polar surface area (TPSA) is 12.0 Å². The van der Waals surface area contributed by atoms with Crippen molar-refractivity contribution in [2.75, 3.05) is 5.75 Å². The quantitative estimate of drug-likeness (QED) is 0.156. The third-order valence-corrected chi connectivity index (χ3v) is 5.48. The summed E-state index contributed by atoms with van der Waals surface area (Å²) in [6.45, 7) is 6.57. The molecule has 0 rings (SSSR count).